The molecule has 1 aliphatic rings. The van der Waals surface area contributed by atoms with Crippen LogP contribution in [0.3, 0.4) is 0 Å². The zero-order valence-corrected chi connectivity index (χ0v) is 12.3. The van der Waals surface area contributed by atoms with Crippen LogP contribution in [-0.2, 0) is 0 Å². The predicted octanol–water partition coefficient (Wildman–Crippen LogP) is 2.96. The monoisotopic (exact) mass is 262 g/mol. The molecule has 19 heavy (non-hydrogen) atoms. The minimum absolute atomic E-state index is 0.188. The van der Waals surface area contributed by atoms with Gasteiger partial charge in [0.25, 0.3) is 0 Å². The van der Waals surface area contributed by atoms with Crippen molar-refractivity contribution < 1.29 is 5.11 Å². The Hall–Kier alpha value is -1.22. The summed E-state index contributed by atoms with van der Waals surface area (Å²) >= 11 is 0. The van der Waals surface area contributed by atoms with Crippen LogP contribution in [0.1, 0.15) is 26.7 Å². The van der Waals surface area contributed by atoms with Crippen molar-refractivity contribution in [2.24, 2.45) is 11.8 Å². The van der Waals surface area contributed by atoms with Gasteiger partial charge in [0.2, 0.25) is 0 Å². The van der Waals surface area contributed by atoms with Crippen molar-refractivity contribution in [2.75, 3.05) is 30.4 Å². The van der Waals surface area contributed by atoms with Crippen molar-refractivity contribution in [3.63, 3.8) is 0 Å². The molecule has 1 fully saturated rings. The molecular formula is C16H26N2O. The van der Waals surface area contributed by atoms with Crippen LogP contribution < -0.4 is 10.2 Å². The third-order valence-corrected chi connectivity index (χ3v) is 3.92. The van der Waals surface area contributed by atoms with E-state index in [0.717, 1.165) is 11.6 Å². The van der Waals surface area contributed by atoms with Crippen molar-refractivity contribution in [2.45, 2.75) is 32.7 Å². The number of nitrogens with zero attached hydrogens (tertiary/aromatic N) is 1. The molecule has 0 aromatic heterocycles. The summed E-state index contributed by atoms with van der Waals surface area (Å²) in [6.45, 7) is 5.44. The van der Waals surface area contributed by atoms with Gasteiger partial charge in [-0.3, -0.25) is 0 Å². The van der Waals surface area contributed by atoms with Crippen molar-refractivity contribution in [3.05, 3.63) is 24.3 Å². The van der Waals surface area contributed by atoms with Crippen LogP contribution in [0.4, 0.5) is 11.4 Å². The van der Waals surface area contributed by atoms with E-state index in [1.165, 1.54) is 18.5 Å². The van der Waals surface area contributed by atoms with Gasteiger partial charge in [0.15, 0.2) is 0 Å². The highest BCUT2D eigenvalue weighted by Crippen LogP contribution is 2.37. The molecule has 3 nitrogen and oxygen atoms in total. The second-order valence-corrected chi connectivity index (χ2v) is 5.94. The number of hydrogen-bond donors (Lipinski definition) is 2. The smallest absolute Gasteiger partial charge is 0.0606 e. The van der Waals surface area contributed by atoms with Crippen LogP contribution in [-0.4, -0.2) is 31.3 Å². The summed E-state index contributed by atoms with van der Waals surface area (Å²) in [5.41, 5.74) is 2.35. The molecule has 0 saturated heterocycles. The summed E-state index contributed by atoms with van der Waals surface area (Å²) in [4.78, 5) is 2.06. The maximum absolute atomic E-state index is 8.95. The number of aliphatic hydroxyl groups excluding tert-OH is 1. The van der Waals surface area contributed by atoms with Gasteiger partial charge in [-0.1, -0.05) is 13.8 Å². The van der Waals surface area contributed by atoms with E-state index in [2.05, 4.69) is 48.3 Å². The SMILES string of the molecule is CC(C)C(Nc1ccc(N(C)CCO)cc1)C1CC1. The zero-order valence-electron chi connectivity index (χ0n) is 12.3. The van der Waals surface area contributed by atoms with Crippen LogP contribution in [0, 0.1) is 11.8 Å². The molecular weight excluding hydrogens is 236 g/mol. The molecule has 106 valence electrons. The molecule has 0 spiro atoms. The molecule has 2 N–H and O–H groups in total. The molecule has 0 radical (unpaired) electrons. The molecule has 1 aromatic carbocycles. The highest BCUT2D eigenvalue weighted by Gasteiger charge is 2.32. The zero-order chi connectivity index (χ0) is 13.8. The lowest BCUT2D eigenvalue weighted by Crippen LogP contribution is -2.27. The van der Waals surface area contributed by atoms with Gasteiger partial charge in [-0.2, -0.15) is 0 Å². The van der Waals surface area contributed by atoms with Crippen molar-refractivity contribution in [1.29, 1.82) is 0 Å². The first-order chi connectivity index (χ1) is 9.11. The third kappa shape index (κ3) is 3.87. The van der Waals surface area contributed by atoms with Gasteiger partial charge in [0.1, 0.15) is 0 Å². The normalized spacial score (nSPS) is 16.5. The lowest BCUT2D eigenvalue weighted by molar-refractivity contribution is 0.304. The molecule has 2 rings (SSSR count). The molecule has 1 aliphatic carbocycles. The number of benzene rings is 1. The minimum atomic E-state index is 0.188. The summed E-state index contributed by atoms with van der Waals surface area (Å²) in [6.07, 6.45) is 2.74. The minimum Gasteiger partial charge on any atom is -0.395 e. The van der Waals surface area contributed by atoms with Crippen molar-refractivity contribution in [1.82, 2.24) is 0 Å². The predicted molar refractivity (Wildman–Crippen MR) is 81.8 cm³/mol. The molecule has 0 heterocycles. The first-order valence-corrected chi connectivity index (χ1v) is 7.30. The Kier molecular flexibility index (Phi) is 4.70. The Balaban J connectivity index is 1.97. The van der Waals surface area contributed by atoms with Crippen LogP contribution in [0.5, 0.6) is 0 Å². The number of anilines is 2. The Bertz CT molecular complexity index is 382. The Labute approximate surface area is 116 Å². The third-order valence-electron chi connectivity index (χ3n) is 3.92. The van der Waals surface area contributed by atoms with E-state index in [-0.39, 0.29) is 6.61 Å². The van der Waals surface area contributed by atoms with E-state index < -0.39 is 0 Å². The number of rotatable bonds is 7. The maximum Gasteiger partial charge on any atom is 0.0606 e. The number of nitrogens with one attached hydrogen (secondary N) is 1. The van der Waals surface area contributed by atoms with E-state index in [4.69, 9.17) is 5.11 Å². The molecule has 1 saturated carbocycles. The van der Waals surface area contributed by atoms with Crippen molar-refractivity contribution in [3.8, 4) is 0 Å². The standard InChI is InChI=1S/C16H26N2O/c1-12(2)16(13-4-5-13)17-14-6-8-15(9-7-14)18(3)10-11-19/h6-9,12-13,16-17,19H,4-5,10-11H2,1-3H3. The fourth-order valence-electron chi connectivity index (χ4n) is 2.57. The Morgan fingerprint density at radius 2 is 1.89 bits per heavy atom. The molecule has 0 amide bonds. The quantitative estimate of drug-likeness (QED) is 0.793. The largest absolute Gasteiger partial charge is 0.395 e. The van der Waals surface area contributed by atoms with Crippen LogP contribution in [0.15, 0.2) is 24.3 Å². The second kappa shape index (κ2) is 6.29. The van der Waals surface area contributed by atoms with E-state index in [9.17, 15) is 0 Å². The summed E-state index contributed by atoms with van der Waals surface area (Å²) < 4.78 is 0. The van der Waals surface area contributed by atoms with Gasteiger partial charge < -0.3 is 15.3 Å². The van der Waals surface area contributed by atoms with Crippen LogP contribution >= 0.6 is 0 Å². The van der Waals surface area contributed by atoms with Gasteiger partial charge in [-0.15, -0.1) is 0 Å². The number of aliphatic hydroxyl groups is 1. The lowest BCUT2D eigenvalue weighted by Gasteiger charge is -2.24. The van der Waals surface area contributed by atoms with E-state index in [1.807, 2.05) is 7.05 Å². The van der Waals surface area contributed by atoms with Gasteiger partial charge >= 0.3 is 0 Å². The fraction of sp³-hybridized carbons (Fsp3) is 0.625. The van der Waals surface area contributed by atoms with Crippen LogP contribution in [0.25, 0.3) is 0 Å². The first-order valence-electron chi connectivity index (χ1n) is 7.30. The molecule has 3 heteroatoms. The lowest BCUT2D eigenvalue weighted by atomic mass is 9.99. The van der Waals surface area contributed by atoms with Crippen LogP contribution in [0.2, 0.25) is 0 Å². The highest BCUT2D eigenvalue weighted by atomic mass is 16.3. The summed E-state index contributed by atoms with van der Waals surface area (Å²) in [5, 5.41) is 12.6. The van der Waals surface area contributed by atoms with Crippen molar-refractivity contribution >= 4 is 11.4 Å². The van der Waals surface area contributed by atoms with Gasteiger partial charge in [0.05, 0.1) is 6.61 Å². The topological polar surface area (TPSA) is 35.5 Å². The molecule has 1 aromatic rings. The Morgan fingerprint density at radius 1 is 1.26 bits per heavy atom. The average Bonchev–Trinajstić information content (AvgIpc) is 3.21. The summed E-state index contributed by atoms with van der Waals surface area (Å²) in [5.74, 6) is 1.53. The number of hydrogen-bond acceptors (Lipinski definition) is 3. The molecule has 0 bridgehead atoms. The van der Waals surface area contributed by atoms with Gasteiger partial charge in [0, 0.05) is 31.0 Å². The van der Waals surface area contributed by atoms with Gasteiger partial charge in [-0.25, -0.2) is 0 Å². The molecule has 1 unspecified atom stereocenters. The molecule has 0 aliphatic heterocycles. The van der Waals surface area contributed by atoms with E-state index >= 15 is 0 Å². The Morgan fingerprint density at radius 3 is 2.37 bits per heavy atom. The van der Waals surface area contributed by atoms with Gasteiger partial charge in [-0.05, 0) is 48.9 Å². The highest BCUT2D eigenvalue weighted by molar-refractivity contribution is 5.55. The average molecular weight is 262 g/mol. The fourth-order valence-corrected chi connectivity index (χ4v) is 2.57. The van der Waals surface area contributed by atoms with E-state index in [1.54, 1.807) is 0 Å². The maximum atomic E-state index is 8.95. The van der Waals surface area contributed by atoms with E-state index in [0.29, 0.717) is 18.5 Å². The summed E-state index contributed by atoms with van der Waals surface area (Å²) in [6, 6.07) is 9.10. The number of likely N-dealkylation sites (N-methyl/N-ethyl adjacent to an activating group) is 1. The second-order valence-electron chi connectivity index (χ2n) is 5.94. The molecule has 1 atom stereocenters. The summed E-state index contributed by atoms with van der Waals surface area (Å²) in [7, 11) is 2.00. The first kappa shape index (κ1) is 14.2.